The van der Waals surface area contributed by atoms with Crippen LogP contribution in [0.3, 0.4) is 0 Å². The van der Waals surface area contributed by atoms with Crippen LogP contribution < -0.4 is 5.32 Å². The summed E-state index contributed by atoms with van der Waals surface area (Å²) in [5.74, 6) is -0.843. The summed E-state index contributed by atoms with van der Waals surface area (Å²) in [4.78, 5) is 25.9. The van der Waals surface area contributed by atoms with Crippen LogP contribution in [0.4, 0.5) is 36.8 Å². The molecular weight excluding hydrogens is 508 g/mol. The standard InChI is InChI=1S/C24H31F6N3O4/c1-16-11-17(13-18(12-16)31-7-2-3-19(34)35)14-32-8-4-22(15-32)5-9-33(10-6-22)21(36)37-20(23(25,26)27)24(28,29)30/h11-13,20,31H,2-10,14-15H2,1H3,(H,34,35). The van der Waals surface area contributed by atoms with Crippen LogP contribution in [0.1, 0.15) is 43.2 Å². The van der Waals surface area contributed by atoms with Gasteiger partial charge < -0.3 is 20.1 Å². The summed E-state index contributed by atoms with van der Waals surface area (Å²) in [6.07, 6.45) is -14.9. The lowest BCUT2D eigenvalue weighted by atomic mass is 9.78. The largest absolute Gasteiger partial charge is 0.481 e. The lowest BCUT2D eigenvalue weighted by molar-refractivity contribution is -0.308. The van der Waals surface area contributed by atoms with Crippen molar-refractivity contribution in [3.05, 3.63) is 29.3 Å². The van der Waals surface area contributed by atoms with Crippen molar-refractivity contribution in [3.8, 4) is 0 Å². The van der Waals surface area contributed by atoms with Gasteiger partial charge in [0.1, 0.15) is 0 Å². The third-order valence-electron chi connectivity index (χ3n) is 6.85. The molecule has 2 aliphatic rings. The van der Waals surface area contributed by atoms with E-state index in [2.05, 4.69) is 21.0 Å². The van der Waals surface area contributed by atoms with Gasteiger partial charge in [-0.1, -0.05) is 6.07 Å². The number of aliphatic carboxylic acids is 1. The zero-order chi connectivity index (χ0) is 27.4. The Morgan fingerprint density at radius 2 is 1.68 bits per heavy atom. The van der Waals surface area contributed by atoms with Crippen LogP contribution in [0.25, 0.3) is 0 Å². The number of alkyl halides is 6. The minimum atomic E-state index is -5.74. The molecule has 2 heterocycles. The predicted molar refractivity (Wildman–Crippen MR) is 122 cm³/mol. The molecule has 208 valence electrons. The van der Waals surface area contributed by atoms with Crippen molar-refractivity contribution in [3.63, 3.8) is 0 Å². The number of carbonyl (C=O) groups excluding carboxylic acids is 1. The minimum absolute atomic E-state index is 0.0317. The maximum Gasteiger partial charge on any atom is 0.434 e. The number of carboxylic acids is 1. The number of anilines is 1. The third kappa shape index (κ3) is 8.14. The Hall–Kier alpha value is -2.70. The van der Waals surface area contributed by atoms with Gasteiger partial charge in [-0.05, 0) is 67.8 Å². The summed E-state index contributed by atoms with van der Waals surface area (Å²) in [7, 11) is 0. The van der Waals surface area contributed by atoms with Crippen LogP contribution in [0, 0.1) is 12.3 Å². The second-order valence-corrected chi connectivity index (χ2v) is 9.93. The summed E-state index contributed by atoms with van der Waals surface area (Å²) >= 11 is 0. The molecule has 1 spiro atoms. The highest BCUT2D eigenvalue weighted by Crippen LogP contribution is 2.42. The number of ether oxygens (including phenoxy) is 1. The van der Waals surface area contributed by atoms with Crippen molar-refractivity contribution in [2.24, 2.45) is 5.41 Å². The SMILES string of the molecule is Cc1cc(CN2CCC3(CCN(C(=O)OC(C(F)(F)F)C(F)(F)F)CC3)C2)cc(NCCCC(=O)O)c1. The van der Waals surface area contributed by atoms with Crippen LogP contribution in [0.15, 0.2) is 18.2 Å². The number of halogens is 6. The van der Waals surface area contributed by atoms with Gasteiger partial charge in [-0.25, -0.2) is 4.79 Å². The third-order valence-corrected chi connectivity index (χ3v) is 6.85. The summed E-state index contributed by atoms with van der Waals surface area (Å²) in [5.41, 5.74) is 2.86. The van der Waals surface area contributed by atoms with E-state index in [-0.39, 0.29) is 24.9 Å². The van der Waals surface area contributed by atoms with E-state index in [0.717, 1.165) is 34.7 Å². The highest BCUT2D eigenvalue weighted by atomic mass is 19.4. The first-order valence-electron chi connectivity index (χ1n) is 12.0. The van der Waals surface area contributed by atoms with Gasteiger partial charge in [0.15, 0.2) is 0 Å². The minimum Gasteiger partial charge on any atom is -0.481 e. The van der Waals surface area contributed by atoms with Crippen LogP contribution in [0.5, 0.6) is 0 Å². The normalized spacial score (nSPS) is 18.4. The van der Waals surface area contributed by atoms with E-state index >= 15 is 0 Å². The molecule has 1 amide bonds. The molecule has 0 aromatic heterocycles. The van der Waals surface area contributed by atoms with Crippen molar-refractivity contribution in [1.29, 1.82) is 0 Å². The fraction of sp³-hybridized carbons (Fsp3) is 0.667. The Kier molecular flexibility index (Phi) is 8.86. The number of carboxylic acid groups (broad SMARTS) is 1. The van der Waals surface area contributed by atoms with Gasteiger partial charge in [0.2, 0.25) is 0 Å². The van der Waals surface area contributed by atoms with Gasteiger partial charge in [0.25, 0.3) is 6.10 Å². The Morgan fingerprint density at radius 3 is 2.27 bits per heavy atom. The molecule has 2 saturated heterocycles. The van der Waals surface area contributed by atoms with Crippen LogP contribution >= 0.6 is 0 Å². The molecule has 0 saturated carbocycles. The van der Waals surface area contributed by atoms with E-state index in [4.69, 9.17) is 5.11 Å². The number of nitrogens with one attached hydrogen (secondary N) is 1. The number of nitrogens with zero attached hydrogens (tertiary/aromatic N) is 2. The Balaban J connectivity index is 1.51. The molecule has 2 N–H and O–H groups in total. The molecule has 2 fully saturated rings. The molecule has 2 aliphatic heterocycles. The van der Waals surface area contributed by atoms with Crippen molar-refractivity contribution < 1.29 is 45.8 Å². The predicted octanol–water partition coefficient (Wildman–Crippen LogP) is 5.19. The lowest BCUT2D eigenvalue weighted by Crippen LogP contribution is -2.50. The number of benzene rings is 1. The summed E-state index contributed by atoms with van der Waals surface area (Å²) in [5, 5.41) is 12.0. The summed E-state index contributed by atoms with van der Waals surface area (Å²) in [6, 6.07) is 6.05. The number of hydrogen-bond donors (Lipinski definition) is 2. The number of carbonyl (C=O) groups is 2. The first kappa shape index (κ1) is 28.9. The van der Waals surface area contributed by atoms with E-state index in [1.165, 1.54) is 0 Å². The quantitative estimate of drug-likeness (QED) is 0.350. The first-order chi connectivity index (χ1) is 17.2. The average molecular weight is 540 g/mol. The van der Waals surface area contributed by atoms with E-state index in [0.29, 0.717) is 38.9 Å². The summed E-state index contributed by atoms with van der Waals surface area (Å²) < 4.78 is 80.1. The molecular formula is C24H31F6N3O4. The van der Waals surface area contributed by atoms with Gasteiger partial charge >= 0.3 is 24.4 Å². The van der Waals surface area contributed by atoms with Crippen molar-refractivity contribution >= 4 is 17.7 Å². The van der Waals surface area contributed by atoms with E-state index in [1.54, 1.807) is 0 Å². The second-order valence-electron chi connectivity index (χ2n) is 9.93. The van der Waals surface area contributed by atoms with Gasteiger partial charge in [0.05, 0.1) is 0 Å². The molecule has 0 aliphatic carbocycles. The fourth-order valence-corrected chi connectivity index (χ4v) is 5.02. The smallest absolute Gasteiger partial charge is 0.434 e. The monoisotopic (exact) mass is 539 g/mol. The number of rotatable bonds is 8. The molecule has 3 rings (SSSR count). The van der Waals surface area contributed by atoms with E-state index < -0.39 is 30.5 Å². The van der Waals surface area contributed by atoms with Crippen LogP contribution in [0.2, 0.25) is 0 Å². The van der Waals surface area contributed by atoms with Crippen molar-refractivity contribution in [1.82, 2.24) is 9.80 Å². The number of piperidine rings is 1. The highest BCUT2D eigenvalue weighted by Gasteiger charge is 2.60. The molecule has 0 bridgehead atoms. The zero-order valence-corrected chi connectivity index (χ0v) is 20.4. The second kappa shape index (κ2) is 11.4. The maximum atomic E-state index is 12.7. The first-order valence-corrected chi connectivity index (χ1v) is 12.0. The molecule has 0 radical (unpaired) electrons. The van der Waals surface area contributed by atoms with Crippen LogP contribution in [-0.4, -0.2) is 78.1 Å². The zero-order valence-electron chi connectivity index (χ0n) is 20.4. The Bertz CT molecular complexity index is 947. The van der Waals surface area contributed by atoms with Crippen molar-refractivity contribution in [2.75, 3.05) is 38.0 Å². The molecule has 1 aromatic rings. The number of aryl methyl sites for hydroxylation is 1. The topological polar surface area (TPSA) is 82.1 Å². The lowest BCUT2D eigenvalue weighted by Gasteiger charge is -2.39. The molecule has 1 aromatic carbocycles. The number of amides is 1. The molecule has 7 nitrogen and oxygen atoms in total. The molecule has 0 unspecified atom stereocenters. The van der Waals surface area contributed by atoms with Gasteiger partial charge in [-0.3, -0.25) is 9.69 Å². The Labute approximate surface area is 210 Å². The van der Waals surface area contributed by atoms with Crippen molar-refractivity contribution in [2.45, 2.75) is 64.0 Å². The summed E-state index contributed by atoms with van der Waals surface area (Å²) in [6.45, 7) is 4.72. The Morgan fingerprint density at radius 1 is 1.05 bits per heavy atom. The highest BCUT2D eigenvalue weighted by molar-refractivity contribution is 5.68. The molecule has 37 heavy (non-hydrogen) atoms. The van der Waals surface area contributed by atoms with E-state index in [9.17, 15) is 35.9 Å². The molecule has 0 atom stereocenters. The van der Waals surface area contributed by atoms with Gasteiger partial charge in [-0.2, -0.15) is 26.3 Å². The van der Waals surface area contributed by atoms with Crippen LogP contribution in [-0.2, 0) is 16.1 Å². The maximum absolute atomic E-state index is 12.7. The number of likely N-dealkylation sites (tertiary alicyclic amines) is 2. The van der Waals surface area contributed by atoms with Gasteiger partial charge in [-0.15, -0.1) is 0 Å². The molecule has 13 heteroatoms. The van der Waals surface area contributed by atoms with Gasteiger partial charge in [0, 0.05) is 44.8 Å². The van der Waals surface area contributed by atoms with E-state index in [1.807, 2.05) is 19.1 Å². The average Bonchev–Trinajstić information content (AvgIpc) is 3.15. The fourth-order valence-electron chi connectivity index (χ4n) is 5.02. The number of hydrogen-bond acceptors (Lipinski definition) is 5.